The molecule has 3 rings (SSSR count). The first-order valence-corrected chi connectivity index (χ1v) is 8.59. The monoisotopic (exact) mass is 321 g/mol. The first-order valence-electron chi connectivity index (χ1n) is 8.21. The Kier molecular flexibility index (Phi) is 4.47. The molecule has 3 unspecified atom stereocenters. The van der Waals surface area contributed by atoms with Gasteiger partial charge in [-0.3, -0.25) is 9.69 Å². The van der Waals surface area contributed by atoms with E-state index in [-0.39, 0.29) is 6.04 Å². The Morgan fingerprint density at radius 3 is 2.55 bits per heavy atom. The molecule has 120 valence electrons. The summed E-state index contributed by atoms with van der Waals surface area (Å²) in [5, 5.41) is 10.4. The summed E-state index contributed by atoms with van der Waals surface area (Å²) >= 11 is 6.12. The number of carboxylic acid groups (broad SMARTS) is 1. The van der Waals surface area contributed by atoms with Gasteiger partial charge in [-0.2, -0.15) is 0 Å². The number of aliphatic carboxylic acids is 1. The number of benzene rings is 1. The summed E-state index contributed by atoms with van der Waals surface area (Å²) in [6.07, 6.45) is 5.61. The highest BCUT2D eigenvalue weighted by Crippen LogP contribution is 2.41. The number of hydrogen-bond acceptors (Lipinski definition) is 2. The van der Waals surface area contributed by atoms with Gasteiger partial charge in [0.05, 0.1) is 0 Å². The zero-order valence-corrected chi connectivity index (χ0v) is 14.1. The molecule has 2 aliphatic rings. The van der Waals surface area contributed by atoms with Crippen molar-refractivity contribution in [1.82, 2.24) is 4.90 Å². The van der Waals surface area contributed by atoms with Crippen molar-refractivity contribution < 1.29 is 9.90 Å². The molecule has 0 spiro atoms. The Bertz CT molecular complexity index is 563. The molecular formula is C18H24ClNO2. The Balaban J connectivity index is 1.90. The Morgan fingerprint density at radius 1 is 1.27 bits per heavy atom. The minimum absolute atomic E-state index is 0.331. The second-order valence-corrected chi connectivity index (χ2v) is 7.33. The smallest absolute Gasteiger partial charge is 0.320 e. The van der Waals surface area contributed by atoms with Crippen molar-refractivity contribution in [2.75, 3.05) is 0 Å². The van der Waals surface area contributed by atoms with Crippen molar-refractivity contribution in [3.8, 4) is 0 Å². The van der Waals surface area contributed by atoms with E-state index in [1.54, 1.807) is 0 Å². The lowest BCUT2D eigenvalue weighted by molar-refractivity contribution is -0.142. The predicted octanol–water partition coefficient (Wildman–Crippen LogP) is 4.17. The average Bonchev–Trinajstić information content (AvgIpc) is 2.81. The average molecular weight is 322 g/mol. The fraction of sp³-hybridized carbons (Fsp3) is 0.611. The van der Waals surface area contributed by atoms with Crippen LogP contribution in [0.25, 0.3) is 0 Å². The molecule has 1 saturated carbocycles. The highest BCUT2D eigenvalue weighted by Gasteiger charge is 2.45. The van der Waals surface area contributed by atoms with Crippen LogP contribution >= 0.6 is 11.6 Å². The fourth-order valence-corrected chi connectivity index (χ4v) is 4.72. The van der Waals surface area contributed by atoms with Gasteiger partial charge in [0.1, 0.15) is 6.04 Å². The minimum atomic E-state index is -0.668. The van der Waals surface area contributed by atoms with Crippen LogP contribution < -0.4 is 0 Å². The van der Waals surface area contributed by atoms with Crippen LogP contribution in [-0.4, -0.2) is 28.1 Å². The van der Waals surface area contributed by atoms with E-state index in [0.717, 1.165) is 35.5 Å². The summed E-state index contributed by atoms with van der Waals surface area (Å²) in [4.78, 5) is 14.0. The van der Waals surface area contributed by atoms with Crippen molar-refractivity contribution >= 4 is 17.6 Å². The number of aryl methyl sites for hydroxylation is 2. The lowest BCUT2D eigenvalue weighted by atomic mass is 9.84. The zero-order valence-electron chi connectivity index (χ0n) is 13.3. The van der Waals surface area contributed by atoms with Crippen molar-refractivity contribution in [3.05, 3.63) is 33.8 Å². The summed E-state index contributed by atoms with van der Waals surface area (Å²) in [5.41, 5.74) is 3.56. The Labute approximate surface area is 137 Å². The van der Waals surface area contributed by atoms with E-state index in [4.69, 9.17) is 11.6 Å². The molecule has 1 aliphatic carbocycles. The molecule has 3 atom stereocenters. The zero-order chi connectivity index (χ0) is 15.9. The number of hydrogen-bond donors (Lipinski definition) is 1. The van der Waals surface area contributed by atoms with Gasteiger partial charge in [0, 0.05) is 17.6 Å². The Hall–Kier alpha value is -1.06. The number of nitrogens with zero attached hydrogens (tertiary/aromatic N) is 1. The first kappa shape index (κ1) is 15.8. The van der Waals surface area contributed by atoms with E-state index in [9.17, 15) is 9.90 Å². The molecule has 1 saturated heterocycles. The number of halogens is 1. The summed E-state index contributed by atoms with van der Waals surface area (Å²) in [7, 11) is 0. The minimum Gasteiger partial charge on any atom is -0.480 e. The molecule has 0 amide bonds. The second kappa shape index (κ2) is 6.21. The third kappa shape index (κ3) is 2.89. The number of carboxylic acids is 1. The van der Waals surface area contributed by atoms with Crippen LogP contribution in [0.2, 0.25) is 5.02 Å². The normalized spacial score (nSPS) is 28.6. The molecule has 1 aliphatic heterocycles. The van der Waals surface area contributed by atoms with Gasteiger partial charge in [0.15, 0.2) is 0 Å². The molecule has 3 nitrogen and oxygen atoms in total. The topological polar surface area (TPSA) is 40.5 Å². The van der Waals surface area contributed by atoms with E-state index in [1.165, 1.54) is 24.8 Å². The van der Waals surface area contributed by atoms with Gasteiger partial charge in [-0.15, -0.1) is 0 Å². The summed E-state index contributed by atoms with van der Waals surface area (Å²) in [6.45, 7) is 4.86. The van der Waals surface area contributed by atoms with Gasteiger partial charge < -0.3 is 5.11 Å². The quantitative estimate of drug-likeness (QED) is 0.908. The van der Waals surface area contributed by atoms with Crippen LogP contribution in [-0.2, 0) is 11.3 Å². The first-order chi connectivity index (χ1) is 10.5. The number of rotatable bonds is 3. The Morgan fingerprint density at radius 2 is 1.91 bits per heavy atom. The summed E-state index contributed by atoms with van der Waals surface area (Å²) < 4.78 is 0. The van der Waals surface area contributed by atoms with Gasteiger partial charge >= 0.3 is 5.97 Å². The van der Waals surface area contributed by atoms with Crippen LogP contribution in [0.3, 0.4) is 0 Å². The summed E-state index contributed by atoms with van der Waals surface area (Å²) in [6, 6.07) is 4.06. The molecule has 1 aromatic carbocycles. The van der Waals surface area contributed by atoms with Gasteiger partial charge in [-0.05, 0) is 67.9 Å². The standard InChI is InChI=1S/C18H24ClNO2/c1-11-7-14(19)8-12(2)15(11)10-20-16-6-4-3-5-13(16)9-17(20)18(21)22/h7-8,13,16-17H,3-6,9-10H2,1-2H3,(H,21,22). The molecule has 1 heterocycles. The van der Waals surface area contributed by atoms with Crippen molar-refractivity contribution in [1.29, 1.82) is 0 Å². The SMILES string of the molecule is Cc1cc(Cl)cc(C)c1CN1C(C(=O)O)CC2CCCCC21. The van der Waals surface area contributed by atoms with Crippen LogP contribution in [0, 0.1) is 19.8 Å². The van der Waals surface area contributed by atoms with E-state index in [0.29, 0.717) is 12.0 Å². The molecular weight excluding hydrogens is 298 g/mol. The summed E-state index contributed by atoms with van der Waals surface area (Å²) in [5.74, 6) is -0.110. The molecule has 1 N–H and O–H groups in total. The van der Waals surface area contributed by atoms with Crippen LogP contribution in [0.5, 0.6) is 0 Å². The van der Waals surface area contributed by atoms with Crippen LogP contribution in [0.15, 0.2) is 12.1 Å². The van der Waals surface area contributed by atoms with Gasteiger partial charge in [-0.25, -0.2) is 0 Å². The molecule has 0 radical (unpaired) electrons. The largest absolute Gasteiger partial charge is 0.480 e. The maximum Gasteiger partial charge on any atom is 0.320 e. The molecule has 0 aromatic heterocycles. The number of likely N-dealkylation sites (tertiary alicyclic amines) is 1. The highest BCUT2D eigenvalue weighted by atomic mass is 35.5. The van der Waals surface area contributed by atoms with E-state index in [2.05, 4.69) is 18.7 Å². The molecule has 0 bridgehead atoms. The molecule has 4 heteroatoms. The lowest BCUT2D eigenvalue weighted by Gasteiger charge is -2.33. The van der Waals surface area contributed by atoms with Gasteiger partial charge in [0.2, 0.25) is 0 Å². The van der Waals surface area contributed by atoms with Gasteiger partial charge in [-0.1, -0.05) is 24.4 Å². The number of carbonyl (C=O) groups is 1. The van der Waals surface area contributed by atoms with Crippen molar-refractivity contribution in [2.24, 2.45) is 5.92 Å². The van der Waals surface area contributed by atoms with Crippen LogP contribution in [0.4, 0.5) is 0 Å². The number of fused-ring (bicyclic) bond motifs is 1. The van der Waals surface area contributed by atoms with E-state index in [1.807, 2.05) is 12.1 Å². The fourth-order valence-electron chi connectivity index (χ4n) is 4.40. The maximum atomic E-state index is 11.7. The molecule has 1 aromatic rings. The van der Waals surface area contributed by atoms with E-state index >= 15 is 0 Å². The van der Waals surface area contributed by atoms with Crippen molar-refractivity contribution in [3.63, 3.8) is 0 Å². The predicted molar refractivity (Wildman–Crippen MR) is 88.3 cm³/mol. The third-order valence-corrected chi connectivity index (χ3v) is 5.73. The second-order valence-electron chi connectivity index (χ2n) is 6.89. The lowest BCUT2D eigenvalue weighted by Crippen LogP contribution is -2.41. The van der Waals surface area contributed by atoms with Gasteiger partial charge in [0.25, 0.3) is 0 Å². The van der Waals surface area contributed by atoms with E-state index < -0.39 is 5.97 Å². The van der Waals surface area contributed by atoms with Crippen molar-refractivity contribution in [2.45, 2.75) is 64.6 Å². The maximum absolute atomic E-state index is 11.7. The molecule has 22 heavy (non-hydrogen) atoms. The third-order valence-electron chi connectivity index (χ3n) is 5.51. The van der Waals surface area contributed by atoms with Crippen LogP contribution in [0.1, 0.15) is 48.8 Å². The highest BCUT2D eigenvalue weighted by molar-refractivity contribution is 6.30. The molecule has 2 fully saturated rings.